The molecule has 0 aromatic carbocycles. The van der Waals surface area contributed by atoms with Gasteiger partial charge in [0, 0.05) is 32.3 Å². The van der Waals surface area contributed by atoms with Gasteiger partial charge in [0.05, 0.1) is 6.54 Å². The summed E-state index contributed by atoms with van der Waals surface area (Å²) in [7, 11) is 0. The molecule has 1 aliphatic rings. The zero-order chi connectivity index (χ0) is 13.6. The topological polar surface area (TPSA) is 26.7 Å². The summed E-state index contributed by atoms with van der Waals surface area (Å²) in [5.74, 6) is 0. The van der Waals surface area contributed by atoms with Crippen LogP contribution in [0.1, 0.15) is 26.2 Å². The fourth-order valence-corrected chi connectivity index (χ4v) is 2.36. The third-order valence-electron chi connectivity index (χ3n) is 3.36. The summed E-state index contributed by atoms with van der Waals surface area (Å²) in [5, 5.41) is 8.66. The number of halogens is 3. The smallest absolute Gasteiger partial charge is 0.396 e. The molecular weight excluding hydrogens is 245 g/mol. The molecule has 1 rings (SSSR count). The second-order valence-electron chi connectivity index (χ2n) is 5.02. The maximum Gasteiger partial charge on any atom is 0.401 e. The standard InChI is InChI=1S/C12H23F3N2O/c1-11-9-16(5-3-2-4-8-18)6-7-17(11)10-12(13,14)15/h11,18H,2-10H2,1H3. The largest absolute Gasteiger partial charge is 0.401 e. The average Bonchev–Trinajstić information content (AvgIpc) is 2.26. The summed E-state index contributed by atoms with van der Waals surface area (Å²) >= 11 is 0. The van der Waals surface area contributed by atoms with Gasteiger partial charge in [-0.15, -0.1) is 0 Å². The predicted molar refractivity (Wildman–Crippen MR) is 64.5 cm³/mol. The molecule has 1 fully saturated rings. The van der Waals surface area contributed by atoms with Crippen molar-refractivity contribution in [2.24, 2.45) is 0 Å². The van der Waals surface area contributed by atoms with E-state index in [1.54, 1.807) is 0 Å². The van der Waals surface area contributed by atoms with Crippen LogP contribution in [0, 0.1) is 0 Å². The van der Waals surface area contributed by atoms with Gasteiger partial charge in [0.25, 0.3) is 0 Å². The second kappa shape index (κ2) is 7.31. The molecule has 0 aromatic rings. The summed E-state index contributed by atoms with van der Waals surface area (Å²) in [6, 6.07) is -0.0433. The molecule has 1 atom stereocenters. The van der Waals surface area contributed by atoms with Crippen LogP contribution >= 0.6 is 0 Å². The molecule has 18 heavy (non-hydrogen) atoms. The minimum absolute atomic E-state index is 0.0433. The van der Waals surface area contributed by atoms with Crippen molar-refractivity contribution in [3.05, 3.63) is 0 Å². The van der Waals surface area contributed by atoms with Crippen LogP contribution in [0.2, 0.25) is 0 Å². The van der Waals surface area contributed by atoms with Crippen molar-refractivity contribution in [3.8, 4) is 0 Å². The van der Waals surface area contributed by atoms with Crippen LogP contribution in [-0.4, -0.2) is 66.5 Å². The molecule has 1 aliphatic heterocycles. The lowest BCUT2D eigenvalue weighted by atomic mass is 10.1. The lowest BCUT2D eigenvalue weighted by Crippen LogP contribution is -2.54. The number of nitrogens with zero attached hydrogens (tertiary/aromatic N) is 2. The van der Waals surface area contributed by atoms with E-state index in [1.807, 2.05) is 6.92 Å². The molecule has 1 N–H and O–H groups in total. The van der Waals surface area contributed by atoms with E-state index in [0.717, 1.165) is 25.8 Å². The monoisotopic (exact) mass is 268 g/mol. The van der Waals surface area contributed by atoms with Gasteiger partial charge in [-0.1, -0.05) is 0 Å². The van der Waals surface area contributed by atoms with Gasteiger partial charge in [0.1, 0.15) is 0 Å². The number of hydrogen-bond acceptors (Lipinski definition) is 3. The van der Waals surface area contributed by atoms with Crippen molar-refractivity contribution in [3.63, 3.8) is 0 Å². The third-order valence-corrected chi connectivity index (χ3v) is 3.36. The van der Waals surface area contributed by atoms with Gasteiger partial charge in [-0.25, -0.2) is 0 Å². The molecule has 0 aromatic heterocycles. The van der Waals surface area contributed by atoms with Gasteiger partial charge < -0.3 is 10.0 Å². The SMILES string of the molecule is CC1CN(CCCCCO)CCN1CC(F)(F)F. The van der Waals surface area contributed by atoms with Crippen molar-refractivity contribution in [1.29, 1.82) is 0 Å². The normalized spacial score (nSPS) is 23.5. The highest BCUT2D eigenvalue weighted by Crippen LogP contribution is 2.20. The van der Waals surface area contributed by atoms with E-state index in [9.17, 15) is 13.2 Å². The summed E-state index contributed by atoms with van der Waals surface area (Å²) < 4.78 is 37.0. The van der Waals surface area contributed by atoms with E-state index in [2.05, 4.69) is 4.90 Å². The number of hydrogen-bond donors (Lipinski definition) is 1. The van der Waals surface area contributed by atoms with Crippen LogP contribution in [0.15, 0.2) is 0 Å². The molecule has 0 spiro atoms. The highest BCUT2D eigenvalue weighted by molar-refractivity contribution is 4.80. The summed E-state index contributed by atoms with van der Waals surface area (Å²) in [5.41, 5.74) is 0. The van der Waals surface area contributed by atoms with Gasteiger partial charge in [-0.05, 0) is 32.7 Å². The van der Waals surface area contributed by atoms with E-state index in [1.165, 1.54) is 4.90 Å². The minimum atomic E-state index is -4.10. The van der Waals surface area contributed by atoms with Crippen LogP contribution in [0.5, 0.6) is 0 Å². The molecule has 0 bridgehead atoms. The number of alkyl halides is 3. The molecular formula is C12H23F3N2O. The third kappa shape index (κ3) is 6.02. The van der Waals surface area contributed by atoms with Crippen LogP contribution in [0.25, 0.3) is 0 Å². The maximum atomic E-state index is 12.3. The van der Waals surface area contributed by atoms with Crippen LogP contribution in [0.4, 0.5) is 13.2 Å². The highest BCUT2D eigenvalue weighted by atomic mass is 19.4. The Hall–Kier alpha value is -0.330. The van der Waals surface area contributed by atoms with Crippen molar-refractivity contribution >= 4 is 0 Å². The Morgan fingerprint density at radius 1 is 1.17 bits per heavy atom. The van der Waals surface area contributed by atoms with E-state index in [4.69, 9.17) is 5.11 Å². The molecule has 1 unspecified atom stereocenters. The van der Waals surface area contributed by atoms with E-state index < -0.39 is 12.7 Å². The number of unbranched alkanes of at least 4 members (excludes halogenated alkanes) is 2. The van der Waals surface area contributed by atoms with Crippen LogP contribution in [0.3, 0.4) is 0 Å². The van der Waals surface area contributed by atoms with Crippen molar-refractivity contribution in [2.75, 3.05) is 39.3 Å². The number of aliphatic hydroxyl groups is 1. The first-order chi connectivity index (χ1) is 8.42. The number of rotatable bonds is 6. The molecule has 1 heterocycles. The Morgan fingerprint density at radius 2 is 1.89 bits per heavy atom. The molecule has 0 radical (unpaired) electrons. The first-order valence-electron chi connectivity index (χ1n) is 6.56. The number of aliphatic hydroxyl groups excluding tert-OH is 1. The van der Waals surface area contributed by atoms with Crippen molar-refractivity contribution in [1.82, 2.24) is 9.80 Å². The van der Waals surface area contributed by atoms with Gasteiger partial charge in [0.2, 0.25) is 0 Å². The number of piperazine rings is 1. The molecule has 0 aliphatic carbocycles. The Kier molecular flexibility index (Phi) is 6.38. The Balaban J connectivity index is 2.23. The molecule has 6 heteroatoms. The predicted octanol–water partition coefficient (Wildman–Crippen LogP) is 1.72. The first kappa shape index (κ1) is 15.7. The Labute approximate surface area is 107 Å². The maximum absolute atomic E-state index is 12.3. The van der Waals surface area contributed by atoms with Crippen LogP contribution in [-0.2, 0) is 0 Å². The fraction of sp³-hybridized carbons (Fsp3) is 1.00. The van der Waals surface area contributed by atoms with Crippen LogP contribution < -0.4 is 0 Å². The highest BCUT2D eigenvalue weighted by Gasteiger charge is 2.34. The van der Waals surface area contributed by atoms with Gasteiger partial charge in [0.15, 0.2) is 0 Å². The molecule has 1 saturated heterocycles. The quantitative estimate of drug-likeness (QED) is 0.743. The summed E-state index contributed by atoms with van der Waals surface area (Å²) in [6.07, 6.45) is -1.30. The first-order valence-corrected chi connectivity index (χ1v) is 6.56. The zero-order valence-corrected chi connectivity index (χ0v) is 10.9. The fourth-order valence-electron chi connectivity index (χ4n) is 2.36. The van der Waals surface area contributed by atoms with Crippen molar-refractivity contribution < 1.29 is 18.3 Å². The van der Waals surface area contributed by atoms with Gasteiger partial charge in [-0.2, -0.15) is 13.2 Å². The molecule has 0 saturated carbocycles. The van der Waals surface area contributed by atoms with Gasteiger partial charge >= 0.3 is 6.18 Å². The Morgan fingerprint density at radius 3 is 2.44 bits per heavy atom. The van der Waals surface area contributed by atoms with E-state index >= 15 is 0 Å². The lowest BCUT2D eigenvalue weighted by molar-refractivity contribution is -0.155. The lowest BCUT2D eigenvalue weighted by Gasteiger charge is -2.40. The van der Waals surface area contributed by atoms with E-state index in [-0.39, 0.29) is 12.6 Å². The second-order valence-corrected chi connectivity index (χ2v) is 5.02. The minimum Gasteiger partial charge on any atom is -0.396 e. The average molecular weight is 268 g/mol. The van der Waals surface area contributed by atoms with Gasteiger partial charge in [-0.3, -0.25) is 4.90 Å². The van der Waals surface area contributed by atoms with Crippen molar-refractivity contribution in [2.45, 2.75) is 38.4 Å². The summed E-state index contributed by atoms with van der Waals surface area (Å²) in [4.78, 5) is 3.72. The molecule has 0 amide bonds. The molecule has 108 valence electrons. The molecule has 3 nitrogen and oxygen atoms in total. The summed E-state index contributed by atoms with van der Waals surface area (Å²) in [6.45, 7) is 4.09. The zero-order valence-electron chi connectivity index (χ0n) is 10.9. The Bertz CT molecular complexity index is 236. The van der Waals surface area contributed by atoms with E-state index in [0.29, 0.717) is 19.6 Å².